The average Bonchev–Trinajstić information content (AvgIpc) is 2.93. The van der Waals surface area contributed by atoms with Gasteiger partial charge in [-0.05, 0) is 55.1 Å². The lowest BCUT2D eigenvalue weighted by molar-refractivity contribution is -0.121. The molecule has 1 amide bonds. The smallest absolute Gasteiger partial charge is 0.220 e. The second kappa shape index (κ2) is 13.1. The van der Waals surface area contributed by atoms with Crippen LogP contribution in [0.15, 0.2) is 72.8 Å². The number of carbonyl (C=O) groups excluding carboxylic acids is 1. The van der Waals surface area contributed by atoms with Crippen molar-refractivity contribution in [3.05, 3.63) is 83.9 Å². The lowest BCUT2D eigenvalue weighted by Gasteiger charge is -2.36. The first-order valence-corrected chi connectivity index (χ1v) is 13.2. The summed E-state index contributed by atoms with van der Waals surface area (Å²) in [6.07, 6.45) is 3.75. The number of carbonyl (C=O) groups is 1. The zero-order chi connectivity index (χ0) is 25.2. The number of aryl methyl sites for hydroxylation is 1. The molecule has 1 fully saturated rings. The number of ether oxygens (including phenoxy) is 1. The van der Waals surface area contributed by atoms with Crippen LogP contribution >= 0.6 is 0 Å². The molecule has 0 saturated carbocycles. The number of hydrogen-bond acceptors (Lipinski definition) is 4. The Morgan fingerprint density at radius 1 is 0.861 bits per heavy atom. The van der Waals surface area contributed by atoms with E-state index in [1.807, 2.05) is 18.2 Å². The van der Waals surface area contributed by atoms with Gasteiger partial charge in [0.25, 0.3) is 0 Å². The first kappa shape index (κ1) is 25.8. The second-order valence-corrected chi connectivity index (χ2v) is 9.61. The molecule has 3 aromatic rings. The van der Waals surface area contributed by atoms with Gasteiger partial charge in [0.05, 0.1) is 12.8 Å². The van der Waals surface area contributed by atoms with Gasteiger partial charge < -0.3 is 15.0 Å². The summed E-state index contributed by atoms with van der Waals surface area (Å²) >= 11 is 0. The van der Waals surface area contributed by atoms with Gasteiger partial charge >= 0.3 is 0 Å². The van der Waals surface area contributed by atoms with Crippen molar-refractivity contribution in [2.24, 2.45) is 0 Å². The number of para-hydroxylation sites is 2. The van der Waals surface area contributed by atoms with Crippen molar-refractivity contribution in [2.45, 2.75) is 39.2 Å². The molecule has 5 heteroatoms. The summed E-state index contributed by atoms with van der Waals surface area (Å²) < 4.78 is 5.52. The number of benzene rings is 3. The van der Waals surface area contributed by atoms with E-state index in [1.54, 1.807) is 7.11 Å². The molecular weight excluding hydrogens is 446 g/mol. The van der Waals surface area contributed by atoms with Gasteiger partial charge in [-0.3, -0.25) is 9.69 Å². The van der Waals surface area contributed by atoms with Gasteiger partial charge in [0.15, 0.2) is 0 Å². The maximum Gasteiger partial charge on any atom is 0.220 e. The number of methoxy groups -OCH3 is 1. The third kappa shape index (κ3) is 7.11. The van der Waals surface area contributed by atoms with Crippen LogP contribution in [-0.4, -0.2) is 50.6 Å². The van der Waals surface area contributed by atoms with Gasteiger partial charge in [-0.15, -0.1) is 0 Å². The number of anilines is 1. The van der Waals surface area contributed by atoms with Crippen LogP contribution in [0.25, 0.3) is 11.1 Å². The van der Waals surface area contributed by atoms with Crippen LogP contribution in [0, 0.1) is 6.92 Å². The molecule has 5 nitrogen and oxygen atoms in total. The van der Waals surface area contributed by atoms with Crippen LogP contribution in [0.2, 0.25) is 0 Å². The fraction of sp³-hybridized carbons (Fsp3) is 0.387. The number of rotatable bonds is 11. The number of nitrogens with one attached hydrogen (secondary N) is 1. The zero-order valence-electron chi connectivity index (χ0n) is 21.7. The summed E-state index contributed by atoms with van der Waals surface area (Å²) in [5.74, 6) is 1.09. The molecular formula is C31H39N3O2. The molecule has 1 heterocycles. The maximum absolute atomic E-state index is 12.5. The van der Waals surface area contributed by atoms with Crippen LogP contribution < -0.4 is 15.0 Å². The van der Waals surface area contributed by atoms with Gasteiger partial charge in [-0.25, -0.2) is 0 Å². The number of amides is 1. The predicted molar refractivity (Wildman–Crippen MR) is 149 cm³/mol. The van der Waals surface area contributed by atoms with E-state index < -0.39 is 0 Å². The Labute approximate surface area is 216 Å². The molecule has 0 spiro atoms. The minimum Gasteiger partial charge on any atom is -0.495 e. The van der Waals surface area contributed by atoms with Crippen LogP contribution in [0.3, 0.4) is 0 Å². The SMILES string of the molecule is COc1ccccc1N1CCN(CCCCCC(=O)NCc2ccccc2-c2ccc(C)cc2)CC1. The highest BCUT2D eigenvalue weighted by Crippen LogP contribution is 2.28. The van der Waals surface area contributed by atoms with Crippen molar-refractivity contribution in [2.75, 3.05) is 44.7 Å². The molecule has 1 aliphatic heterocycles. The van der Waals surface area contributed by atoms with E-state index >= 15 is 0 Å². The van der Waals surface area contributed by atoms with Crippen LogP contribution in [0.5, 0.6) is 5.75 Å². The van der Waals surface area contributed by atoms with E-state index in [0.717, 1.165) is 63.3 Å². The predicted octanol–water partition coefficient (Wildman–Crippen LogP) is 5.67. The molecule has 1 saturated heterocycles. The highest BCUT2D eigenvalue weighted by Gasteiger charge is 2.19. The van der Waals surface area contributed by atoms with Crippen molar-refractivity contribution < 1.29 is 9.53 Å². The standard InChI is InChI=1S/C31H39N3O2/c1-25-15-17-26(18-16-25)28-11-6-5-10-27(28)24-32-31(35)14-4-3-9-19-33-20-22-34(23-21-33)29-12-7-8-13-30(29)36-2/h5-8,10-13,15-18H,3-4,9,14,19-24H2,1-2H3,(H,32,35). The third-order valence-electron chi connectivity index (χ3n) is 7.03. The van der Waals surface area contributed by atoms with Gasteiger partial charge in [0.1, 0.15) is 5.75 Å². The molecule has 3 aromatic carbocycles. The Hall–Kier alpha value is -3.31. The van der Waals surface area contributed by atoms with Crippen molar-refractivity contribution in [1.29, 1.82) is 0 Å². The van der Waals surface area contributed by atoms with E-state index in [4.69, 9.17) is 4.74 Å². The van der Waals surface area contributed by atoms with Crippen molar-refractivity contribution in [1.82, 2.24) is 10.2 Å². The van der Waals surface area contributed by atoms with E-state index in [0.29, 0.717) is 13.0 Å². The fourth-order valence-electron chi connectivity index (χ4n) is 4.87. The van der Waals surface area contributed by atoms with Crippen molar-refractivity contribution >= 4 is 11.6 Å². The van der Waals surface area contributed by atoms with E-state index in [2.05, 4.69) is 76.6 Å². The summed E-state index contributed by atoms with van der Waals surface area (Å²) in [6.45, 7) is 7.95. The normalized spacial score (nSPS) is 14.0. The third-order valence-corrected chi connectivity index (χ3v) is 7.03. The summed E-state index contributed by atoms with van der Waals surface area (Å²) in [5, 5.41) is 3.13. The molecule has 0 radical (unpaired) electrons. The van der Waals surface area contributed by atoms with Crippen LogP contribution in [-0.2, 0) is 11.3 Å². The average molecular weight is 486 g/mol. The Balaban J connectivity index is 1.12. The number of unbranched alkanes of at least 4 members (excludes halogenated alkanes) is 2. The summed E-state index contributed by atoms with van der Waals surface area (Å²) in [4.78, 5) is 17.4. The quantitative estimate of drug-likeness (QED) is 0.356. The summed E-state index contributed by atoms with van der Waals surface area (Å²) in [5.41, 5.74) is 5.96. The Bertz CT molecular complexity index is 1100. The topological polar surface area (TPSA) is 44.8 Å². The molecule has 0 atom stereocenters. The number of hydrogen-bond donors (Lipinski definition) is 1. The van der Waals surface area contributed by atoms with Crippen LogP contribution in [0.1, 0.15) is 36.8 Å². The molecule has 36 heavy (non-hydrogen) atoms. The van der Waals surface area contributed by atoms with E-state index in [9.17, 15) is 4.79 Å². The molecule has 0 unspecified atom stereocenters. The largest absolute Gasteiger partial charge is 0.495 e. The molecule has 190 valence electrons. The molecule has 0 bridgehead atoms. The first-order valence-electron chi connectivity index (χ1n) is 13.2. The zero-order valence-corrected chi connectivity index (χ0v) is 21.7. The van der Waals surface area contributed by atoms with Gasteiger partial charge in [-0.2, -0.15) is 0 Å². The molecule has 1 aliphatic rings. The molecule has 1 N–H and O–H groups in total. The molecule has 4 rings (SSSR count). The van der Waals surface area contributed by atoms with Gasteiger partial charge in [0.2, 0.25) is 5.91 Å². The monoisotopic (exact) mass is 485 g/mol. The van der Waals surface area contributed by atoms with Gasteiger partial charge in [0, 0.05) is 39.1 Å². The molecule has 0 aromatic heterocycles. The van der Waals surface area contributed by atoms with E-state index in [-0.39, 0.29) is 5.91 Å². The highest BCUT2D eigenvalue weighted by molar-refractivity contribution is 5.76. The van der Waals surface area contributed by atoms with E-state index in [1.165, 1.54) is 22.4 Å². The minimum absolute atomic E-state index is 0.138. The van der Waals surface area contributed by atoms with Crippen LogP contribution in [0.4, 0.5) is 5.69 Å². The maximum atomic E-state index is 12.5. The Morgan fingerprint density at radius 2 is 1.58 bits per heavy atom. The summed E-state index contributed by atoms with van der Waals surface area (Å²) in [7, 11) is 1.74. The van der Waals surface area contributed by atoms with Gasteiger partial charge in [-0.1, -0.05) is 72.6 Å². The lowest BCUT2D eigenvalue weighted by Crippen LogP contribution is -2.46. The molecule has 0 aliphatic carbocycles. The number of piperazine rings is 1. The lowest BCUT2D eigenvalue weighted by atomic mass is 9.99. The highest BCUT2D eigenvalue weighted by atomic mass is 16.5. The van der Waals surface area contributed by atoms with Crippen molar-refractivity contribution in [3.8, 4) is 16.9 Å². The number of nitrogens with zero attached hydrogens (tertiary/aromatic N) is 2. The first-order chi connectivity index (χ1) is 17.6. The van der Waals surface area contributed by atoms with Crippen molar-refractivity contribution in [3.63, 3.8) is 0 Å². The Morgan fingerprint density at radius 3 is 2.36 bits per heavy atom. The summed E-state index contributed by atoms with van der Waals surface area (Å²) in [6, 6.07) is 25.1. The second-order valence-electron chi connectivity index (χ2n) is 9.61. The fourth-order valence-corrected chi connectivity index (χ4v) is 4.87. The Kier molecular flexibility index (Phi) is 9.40. The minimum atomic E-state index is 0.138.